The number of alkyl halides is 3. The lowest BCUT2D eigenvalue weighted by Crippen LogP contribution is -2.08. The van der Waals surface area contributed by atoms with Crippen molar-refractivity contribution in [2.45, 2.75) is 12.7 Å². The molecule has 0 bridgehead atoms. The Morgan fingerprint density at radius 2 is 1.72 bits per heavy atom. The molecule has 0 N–H and O–H groups in total. The van der Waals surface area contributed by atoms with Crippen LogP contribution in [0.25, 0.3) is 0 Å². The lowest BCUT2D eigenvalue weighted by molar-refractivity contribution is -0.137. The fourth-order valence-corrected chi connectivity index (χ4v) is 1.61. The Kier molecular flexibility index (Phi) is 3.23. The summed E-state index contributed by atoms with van der Waals surface area (Å²) in [5, 5.41) is 0. The summed E-state index contributed by atoms with van der Waals surface area (Å²) in [5.74, 6) is 0. The van der Waals surface area contributed by atoms with Crippen molar-refractivity contribution >= 4 is 0 Å². The first kappa shape index (κ1) is 12.4. The molecule has 0 fully saturated rings. The molecule has 0 atom stereocenters. The van der Waals surface area contributed by atoms with Gasteiger partial charge in [-0.1, -0.05) is 12.1 Å². The summed E-state index contributed by atoms with van der Waals surface area (Å²) < 4.78 is 39.2. The highest BCUT2D eigenvalue weighted by Crippen LogP contribution is 2.29. The Balaban J connectivity index is 2.24. The Labute approximate surface area is 101 Å². The van der Waals surface area contributed by atoms with Crippen LogP contribution in [-0.2, 0) is 12.7 Å². The van der Waals surface area contributed by atoms with E-state index in [2.05, 4.69) is 0 Å². The summed E-state index contributed by atoms with van der Waals surface area (Å²) in [5.41, 5.74) is -0.259. The van der Waals surface area contributed by atoms with Crippen LogP contribution in [0.15, 0.2) is 53.6 Å². The Bertz CT molecular complexity index is 581. The molecule has 0 saturated heterocycles. The summed E-state index contributed by atoms with van der Waals surface area (Å²) in [6.07, 6.45) is -1.25. The van der Waals surface area contributed by atoms with E-state index in [0.717, 1.165) is 12.1 Å². The average Bonchev–Trinajstić information content (AvgIpc) is 2.31. The highest BCUT2D eigenvalue weighted by Gasteiger charge is 2.30. The number of pyridine rings is 1. The minimum Gasteiger partial charge on any atom is -0.350 e. The van der Waals surface area contributed by atoms with Gasteiger partial charge in [-0.15, -0.1) is 0 Å². The van der Waals surface area contributed by atoms with E-state index in [1.807, 2.05) is 0 Å². The Morgan fingerprint density at radius 1 is 1.06 bits per heavy atom. The normalized spacial score (nSPS) is 11.5. The monoisotopic (exact) mass is 253 g/mol. The van der Waals surface area contributed by atoms with Gasteiger partial charge < -0.3 is 4.57 Å². The third-order valence-electron chi connectivity index (χ3n) is 2.48. The number of nitrogens with zero attached hydrogens (tertiary/aromatic N) is 1. The largest absolute Gasteiger partial charge is 0.416 e. The second kappa shape index (κ2) is 4.68. The summed E-state index contributed by atoms with van der Waals surface area (Å²) in [6, 6.07) is 7.88. The van der Waals surface area contributed by atoms with Gasteiger partial charge in [0.25, 0.3) is 0 Å². The molecule has 0 aliphatic carbocycles. The molecule has 0 amide bonds. The maximum Gasteiger partial charge on any atom is 0.416 e. The number of aromatic nitrogens is 1. The minimum absolute atomic E-state index is 0.129. The second-order valence-corrected chi connectivity index (χ2v) is 3.90. The van der Waals surface area contributed by atoms with Gasteiger partial charge in [0.05, 0.1) is 5.56 Å². The van der Waals surface area contributed by atoms with Crippen LogP contribution in [-0.4, -0.2) is 4.57 Å². The molecule has 2 rings (SSSR count). The molecule has 0 spiro atoms. The van der Waals surface area contributed by atoms with E-state index in [0.29, 0.717) is 12.1 Å². The van der Waals surface area contributed by atoms with Crippen LogP contribution in [0.1, 0.15) is 11.1 Å². The van der Waals surface area contributed by atoms with Gasteiger partial charge in [-0.25, -0.2) is 0 Å². The van der Waals surface area contributed by atoms with Gasteiger partial charge in [0, 0.05) is 31.1 Å². The highest BCUT2D eigenvalue weighted by molar-refractivity contribution is 5.25. The molecule has 2 aromatic rings. The fourth-order valence-electron chi connectivity index (χ4n) is 1.61. The third kappa shape index (κ3) is 3.00. The fraction of sp³-hybridized carbons (Fsp3) is 0.154. The first-order chi connectivity index (χ1) is 8.45. The van der Waals surface area contributed by atoms with Crippen molar-refractivity contribution < 1.29 is 13.2 Å². The van der Waals surface area contributed by atoms with Crippen LogP contribution < -0.4 is 5.43 Å². The van der Waals surface area contributed by atoms with E-state index in [4.69, 9.17) is 0 Å². The minimum atomic E-state index is -4.33. The van der Waals surface area contributed by atoms with Crippen LogP contribution in [0, 0.1) is 0 Å². The number of halogens is 3. The number of hydrogen-bond acceptors (Lipinski definition) is 1. The van der Waals surface area contributed by atoms with Crippen molar-refractivity contribution in [2.24, 2.45) is 0 Å². The predicted molar refractivity (Wildman–Crippen MR) is 61.2 cm³/mol. The number of benzene rings is 1. The zero-order chi connectivity index (χ0) is 13.2. The van der Waals surface area contributed by atoms with Gasteiger partial charge in [-0.2, -0.15) is 13.2 Å². The van der Waals surface area contributed by atoms with Gasteiger partial charge >= 0.3 is 6.18 Å². The lowest BCUT2D eigenvalue weighted by Gasteiger charge is -2.10. The summed E-state index contributed by atoms with van der Waals surface area (Å²) in [7, 11) is 0. The van der Waals surface area contributed by atoms with Gasteiger partial charge in [-0.3, -0.25) is 4.79 Å². The van der Waals surface area contributed by atoms with Gasteiger partial charge in [-0.05, 0) is 17.7 Å². The van der Waals surface area contributed by atoms with Crippen molar-refractivity contribution in [3.63, 3.8) is 0 Å². The summed E-state index contributed by atoms with van der Waals surface area (Å²) in [6.45, 7) is 0.296. The van der Waals surface area contributed by atoms with Crippen molar-refractivity contribution in [3.05, 3.63) is 70.1 Å². The molecular weight excluding hydrogens is 243 g/mol. The summed E-state index contributed by atoms with van der Waals surface area (Å²) >= 11 is 0. The molecule has 1 aromatic heterocycles. The number of rotatable bonds is 2. The molecular formula is C13H10F3NO. The van der Waals surface area contributed by atoms with Crippen molar-refractivity contribution in [3.8, 4) is 0 Å². The highest BCUT2D eigenvalue weighted by atomic mass is 19.4. The molecule has 0 saturated carbocycles. The van der Waals surface area contributed by atoms with E-state index in [-0.39, 0.29) is 5.43 Å². The maximum atomic E-state index is 12.5. The Hall–Kier alpha value is -2.04. The Morgan fingerprint density at radius 3 is 2.33 bits per heavy atom. The topological polar surface area (TPSA) is 22.0 Å². The zero-order valence-electron chi connectivity index (χ0n) is 9.32. The van der Waals surface area contributed by atoms with Crippen molar-refractivity contribution in [1.82, 2.24) is 4.57 Å². The van der Waals surface area contributed by atoms with Crippen molar-refractivity contribution in [2.75, 3.05) is 0 Å². The molecule has 0 radical (unpaired) electrons. The van der Waals surface area contributed by atoms with Gasteiger partial charge in [0.2, 0.25) is 0 Å². The van der Waals surface area contributed by atoms with Crippen molar-refractivity contribution in [1.29, 1.82) is 0 Å². The van der Waals surface area contributed by atoms with Crippen LogP contribution in [0.2, 0.25) is 0 Å². The third-order valence-corrected chi connectivity index (χ3v) is 2.48. The average molecular weight is 253 g/mol. The zero-order valence-corrected chi connectivity index (χ0v) is 9.32. The molecule has 18 heavy (non-hydrogen) atoms. The quantitative estimate of drug-likeness (QED) is 0.806. The SMILES string of the molecule is O=c1ccn(Cc2cccc(C(F)(F)F)c2)cc1. The molecule has 0 aliphatic heterocycles. The van der Waals surface area contributed by atoms with E-state index in [9.17, 15) is 18.0 Å². The van der Waals surface area contributed by atoms with E-state index >= 15 is 0 Å². The first-order valence-electron chi connectivity index (χ1n) is 5.27. The van der Waals surface area contributed by atoms with Crippen LogP contribution >= 0.6 is 0 Å². The van der Waals surface area contributed by atoms with Crippen LogP contribution in [0.4, 0.5) is 13.2 Å². The molecule has 0 unspecified atom stereocenters. The van der Waals surface area contributed by atoms with Gasteiger partial charge in [0.1, 0.15) is 0 Å². The smallest absolute Gasteiger partial charge is 0.350 e. The molecule has 1 aromatic carbocycles. The molecule has 2 nitrogen and oxygen atoms in total. The molecule has 94 valence electrons. The number of hydrogen-bond donors (Lipinski definition) is 0. The maximum absolute atomic E-state index is 12.5. The second-order valence-electron chi connectivity index (χ2n) is 3.90. The van der Waals surface area contributed by atoms with E-state index < -0.39 is 11.7 Å². The predicted octanol–water partition coefficient (Wildman–Crippen LogP) is 2.92. The van der Waals surface area contributed by atoms with Crippen LogP contribution in [0.5, 0.6) is 0 Å². The van der Waals surface area contributed by atoms with E-state index in [1.165, 1.54) is 18.2 Å². The lowest BCUT2D eigenvalue weighted by atomic mass is 10.1. The first-order valence-corrected chi connectivity index (χ1v) is 5.27. The van der Waals surface area contributed by atoms with Crippen LogP contribution in [0.3, 0.4) is 0 Å². The molecule has 1 heterocycles. The molecule has 5 heteroatoms. The standard InChI is InChI=1S/C13H10F3NO/c14-13(15,16)11-3-1-2-10(8-11)9-17-6-4-12(18)5-7-17/h1-8H,9H2. The summed E-state index contributed by atoms with van der Waals surface area (Å²) in [4.78, 5) is 10.9. The molecule has 0 aliphatic rings. The van der Waals surface area contributed by atoms with Gasteiger partial charge in [0.15, 0.2) is 5.43 Å². The van der Waals surface area contributed by atoms with E-state index in [1.54, 1.807) is 23.0 Å².